The minimum Gasteiger partial charge on any atom is -0.378 e. The van der Waals surface area contributed by atoms with Gasteiger partial charge in [0.2, 0.25) is 0 Å². The van der Waals surface area contributed by atoms with Crippen molar-refractivity contribution >= 4 is 0 Å². The second kappa shape index (κ2) is 25.8. The molecule has 0 radical (unpaired) electrons. The van der Waals surface area contributed by atoms with E-state index < -0.39 is 0 Å². The lowest BCUT2D eigenvalue weighted by Gasteiger charge is -2.59. The van der Waals surface area contributed by atoms with E-state index in [2.05, 4.69) is 105 Å². The summed E-state index contributed by atoms with van der Waals surface area (Å²) in [5.74, 6) is 11.7. The molecular weight excluding hydrogens is 905 g/mol. The Morgan fingerprint density at radius 1 is 0.500 bits per heavy atom. The van der Waals surface area contributed by atoms with Crippen molar-refractivity contribution in [2.75, 3.05) is 65.7 Å². The molecule has 8 rings (SSSR count). The van der Waals surface area contributed by atoms with Gasteiger partial charge in [0.25, 0.3) is 0 Å². The minimum atomic E-state index is 0.385. The summed E-state index contributed by atoms with van der Waals surface area (Å²) in [6.45, 7) is 38.9. The lowest BCUT2D eigenvalue weighted by molar-refractivity contribution is -0.0564. The SMILES string of the molecule is CC(C)CCCC(C)C1CCC2C3CC=C4CC(N(CCOCCOCCN(CC(C)CN)C5CCC6(C)C(=CCC7C6CCC6(C)C(C(C)CCCC(C)C)CCC76)C5)CC(C)CN)CCC4(C)C3CCC12C. The first-order chi connectivity index (χ1) is 35.4. The Morgan fingerprint density at radius 2 is 0.905 bits per heavy atom. The average molecular weight is 1030 g/mol. The summed E-state index contributed by atoms with van der Waals surface area (Å²) < 4.78 is 12.8. The number of hydrogen-bond donors (Lipinski definition) is 2. The zero-order chi connectivity index (χ0) is 53.0. The van der Waals surface area contributed by atoms with Crippen molar-refractivity contribution in [1.82, 2.24) is 9.80 Å². The Kier molecular flexibility index (Phi) is 20.7. The summed E-state index contributed by atoms with van der Waals surface area (Å²) in [6, 6.07) is 1.19. The molecule has 18 unspecified atom stereocenters. The topological polar surface area (TPSA) is 77.0 Å². The fourth-order valence-electron chi connectivity index (χ4n) is 20.4. The van der Waals surface area contributed by atoms with Crippen molar-refractivity contribution in [2.24, 2.45) is 116 Å². The van der Waals surface area contributed by atoms with Crippen LogP contribution in [0.2, 0.25) is 0 Å². The Hall–Kier alpha value is -0.760. The maximum Gasteiger partial charge on any atom is 0.0701 e. The van der Waals surface area contributed by atoms with Gasteiger partial charge in [0, 0.05) is 38.3 Å². The van der Waals surface area contributed by atoms with Gasteiger partial charge in [-0.15, -0.1) is 0 Å². The molecule has 0 aromatic carbocycles. The molecule has 8 aliphatic rings. The summed E-state index contributed by atoms with van der Waals surface area (Å²) >= 11 is 0. The molecule has 4 N–H and O–H groups in total. The van der Waals surface area contributed by atoms with Crippen LogP contribution in [0.1, 0.15) is 224 Å². The van der Waals surface area contributed by atoms with Gasteiger partial charge < -0.3 is 20.9 Å². The van der Waals surface area contributed by atoms with E-state index in [9.17, 15) is 0 Å². The normalized spacial score (nSPS) is 39.4. The Morgan fingerprint density at radius 3 is 1.28 bits per heavy atom. The van der Waals surface area contributed by atoms with Crippen LogP contribution in [0, 0.1) is 105 Å². The number of nitrogens with zero attached hydrogens (tertiary/aromatic N) is 2. The van der Waals surface area contributed by atoms with Crippen molar-refractivity contribution in [3.8, 4) is 0 Å². The molecule has 0 heterocycles. The molecule has 6 nitrogen and oxygen atoms in total. The maximum absolute atomic E-state index is 6.42. The third-order valence-corrected chi connectivity index (χ3v) is 24.9. The monoisotopic (exact) mass is 1030 g/mol. The number of allylic oxidation sites excluding steroid dienone is 2. The highest BCUT2D eigenvalue weighted by Crippen LogP contribution is 2.69. The molecule has 0 saturated heterocycles. The quantitative estimate of drug-likeness (QED) is 0.0631. The molecular formula is C68H122N4O2. The van der Waals surface area contributed by atoms with Gasteiger partial charge in [0.05, 0.1) is 26.4 Å². The van der Waals surface area contributed by atoms with Crippen molar-refractivity contribution < 1.29 is 9.47 Å². The molecule has 6 saturated carbocycles. The van der Waals surface area contributed by atoms with Gasteiger partial charge in [0.1, 0.15) is 0 Å². The van der Waals surface area contributed by atoms with Crippen LogP contribution in [0.15, 0.2) is 23.3 Å². The first kappa shape index (κ1) is 59.4. The van der Waals surface area contributed by atoms with Gasteiger partial charge in [-0.1, -0.05) is 145 Å². The highest BCUT2D eigenvalue weighted by molar-refractivity contribution is 5.28. The maximum atomic E-state index is 6.42. The van der Waals surface area contributed by atoms with Crippen LogP contribution in [0.5, 0.6) is 0 Å². The van der Waals surface area contributed by atoms with Gasteiger partial charge in [-0.25, -0.2) is 0 Å². The van der Waals surface area contributed by atoms with E-state index in [0.29, 0.717) is 58.8 Å². The van der Waals surface area contributed by atoms with E-state index in [4.69, 9.17) is 20.9 Å². The number of rotatable bonds is 27. The number of fused-ring (bicyclic) bond motifs is 10. The predicted molar refractivity (Wildman–Crippen MR) is 315 cm³/mol. The number of hydrogen-bond acceptors (Lipinski definition) is 6. The van der Waals surface area contributed by atoms with Crippen LogP contribution in [0.25, 0.3) is 0 Å². The van der Waals surface area contributed by atoms with E-state index in [0.717, 1.165) is 123 Å². The van der Waals surface area contributed by atoms with Gasteiger partial charge >= 0.3 is 0 Å². The molecule has 426 valence electrons. The van der Waals surface area contributed by atoms with E-state index in [1.807, 2.05) is 11.1 Å². The first-order valence-electron chi connectivity index (χ1n) is 32.8. The Bertz CT molecular complexity index is 1680. The van der Waals surface area contributed by atoms with Crippen LogP contribution >= 0.6 is 0 Å². The van der Waals surface area contributed by atoms with Crippen molar-refractivity contribution in [3.63, 3.8) is 0 Å². The third kappa shape index (κ3) is 12.7. The zero-order valence-electron chi connectivity index (χ0n) is 50.9. The van der Waals surface area contributed by atoms with Crippen molar-refractivity contribution in [3.05, 3.63) is 23.3 Å². The van der Waals surface area contributed by atoms with E-state index >= 15 is 0 Å². The minimum absolute atomic E-state index is 0.385. The Balaban J connectivity index is 0.789. The fraction of sp³-hybridized carbons (Fsp3) is 0.941. The number of nitrogens with two attached hydrogens (primary N) is 2. The second-order valence-corrected chi connectivity index (χ2v) is 30.3. The van der Waals surface area contributed by atoms with E-state index in [-0.39, 0.29) is 0 Å². The first-order valence-corrected chi connectivity index (χ1v) is 32.8. The standard InChI is InChI=1S/C68H122N4O2/c1-47(2)15-13-17-51(7)59-23-25-61-57-21-19-53-41-55(27-31-65(53,9)63(57)29-33-67(59,61)11)71(45-49(5)43-69)35-37-73-39-40-74-38-36-72(46-50(6)44-70)56-28-32-66(10)54(42-56)20-22-58-62-26-24-60(52(8)18-14-16-48(3)4)68(62,12)34-30-64(58)66/h19-20,47-52,55-64H,13-18,21-46,69-70H2,1-12H3. The third-order valence-electron chi connectivity index (χ3n) is 24.9. The highest BCUT2D eigenvalue weighted by Gasteiger charge is 2.61. The summed E-state index contributed by atoms with van der Waals surface area (Å²) in [7, 11) is 0. The molecule has 18 atom stereocenters. The van der Waals surface area contributed by atoms with Crippen LogP contribution in [0.3, 0.4) is 0 Å². The van der Waals surface area contributed by atoms with Crippen LogP contribution in [0.4, 0.5) is 0 Å². The summed E-state index contributed by atoms with van der Waals surface area (Å²) in [6.07, 6.45) is 36.4. The fourth-order valence-corrected chi connectivity index (χ4v) is 20.4. The van der Waals surface area contributed by atoms with Gasteiger partial charge in [-0.3, -0.25) is 9.80 Å². The van der Waals surface area contributed by atoms with Crippen molar-refractivity contribution in [1.29, 1.82) is 0 Å². The lowest BCUT2D eigenvalue weighted by Crippen LogP contribution is -2.52. The lowest BCUT2D eigenvalue weighted by atomic mass is 9.46. The predicted octanol–water partition coefficient (Wildman–Crippen LogP) is 15.6. The smallest absolute Gasteiger partial charge is 0.0701 e. The Labute approximate surface area is 458 Å². The summed E-state index contributed by atoms with van der Waals surface area (Å²) in [5, 5.41) is 0. The molecule has 0 aromatic heterocycles. The number of ether oxygens (including phenoxy) is 2. The van der Waals surface area contributed by atoms with Crippen molar-refractivity contribution in [2.45, 2.75) is 236 Å². The van der Waals surface area contributed by atoms with Crippen LogP contribution in [-0.2, 0) is 9.47 Å². The molecule has 0 aliphatic heterocycles. The van der Waals surface area contributed by atoms with Crippen LogP contribution < -0.4 is 11.5 Å². The second-order valence-electron chi connectivity index (χ2n) is 30.3. The molecule has 0 aromatic rings. The van der Waals surface area contributed by atoms with Gasteiger partial charge in [-0.2, -0.15) is 0 Å². The van der Waals surface area contributed by atoms with Gasteiger partial charge in [0.15, 0.2) is 0 Å². The van der Waals surface area contributed by atoms with E-state index in [1.165, 1.54) is 141 Å². The molecule has 0 bridgehead atoms. The van der Waals surface area contributed by atoms with Crippen LogP contribution in [-0.4, -0.2) is 87.6 Å². The molecule has 74 heavy (non-hydrogen) atoms. The molecule has 0 amide bonds. The van der Waals surface area contributed by atoms with E-state index in [1.54, 1.807) is 0 Å². The largest absolute Gasteiger partial charge is 0.378 e. The molecule has 6 heteroatoms. The summed E-state index contributed by atoms with van der Waals surface area (Å²) in [4.78, 5) is 5.57. The molecule has 0 spiro atoms. The highest BCUT2D eigenvalue weighted by atomic mass is 16.5. The van der Waals surface area contributed by atoms with Gasteiger partial charge in [-0.05, 0) is 220 Å². The molecule has 8 aliphatic carbocycles. The molecule has 6 fully saturated rings. The average Bonchev–Trinajstić information content (AvgIpc) is 3.92. The summed E-state index contributed by atoms with van der Waals surface area (Å²) in [5.41, 5.74) is 18.1. The zero-order valence-corrected chi connectivity index (χ0v) is 50.9.